The van der Waals surface area contributed by atoms with Crippen LogP contribution in [0.2, 0.25) is 0 Å². The van der Waals surface area contributed by atoms with Crippen LogP contribution >= 0.6 is 23.3 Å². The lowest BCUT2D eigenvalue weighted by Crippen LogP contribution is -2.38. The molecule has 1 atom stereocenters. The van der Waals surface area contributed by atoms with E-state index >= 15 is 0 Å². The van der Waals surface area contributed by atoms with Gasteiger partial charge in [0.15, 0.2) is 4.34 Å². The Balaban J connectivity index is 1.73. The van der Waals surface area contributed by atoms with Gasteiger partial charge in [-0.05, 0) is 30.8 Å². The van der Waals surface area contributed by atoms with Gasteiger partial charge in [-0.3, -0.25) is 4.79 Å². The van der Waals surface area contributed by atoms with E-state index in [1.54, 1.807) is 11.8 Å². The number of rotatable bonds is 8. The largest absolute Gasteiger partial charge is 0.480 e. The van der Waals surface area contributed by atoms with Gasteiger partial charge < -0.3 is 10.4 Å². The molecule has 0 spiro atoms. The van der Waals surface area contributed by atoms with Crippen LogP contribution in [0.15, 0.2) is 4.34 Å². The summed E-state index contributed by atoms with van der Waals surface area (Å²) < 4.78 is 5.14. The lowest BCUT2D eigenvalue weighted by molar-refractivity contribution is -0.139. The van der Waals surface area contributed by atoms with Crippen LogP contribution in [0.25, 0.3) is 0 Å². The fraction of sp³-hybridized carbons (Fsp3) is 0.727. The molecule has 1 heterocycles. The van der Waals surface area contributed by atoms with Crippen molar-refractivity contribution in [1.29, 1.82) is 0 Å². The van der Waals surface area contributed by atoms with Gasteiger partial charge in [0.1, 0.15) is 11.9 Å². The van der Waals surface area contributed by atoms with E-state index in [1.807, 2.05) is 6.92 Å². The molecule has 0 aromatic carbocycles. The second-order valence-electron chi connectivity index (χ2n) is 4.30. The van der Waals surface area contributed by atoms with Gasteiger partial charge >= 0.3 is 5.97 Å². The topological polar surface area (TPSA) is 75.1 Å². The predicted octanol–water partition coefficient (Wildman–Crippen LogP) is 1.79. The fourth-order valence-electron chi connectivity index (χ4n) is 1.52. The molecule has 0 saturated heterocycles. The van der Waals surface area contributed by atoms with Crippen molar-refractivity contribution in [3.05, 3.63) is 5.82 Å². The zero-order valence-corrected chi connectivity index (χ0v) is 11.9. The minimum absolute atomic E-state index is 0.421. The molecule has 1 unspecified atom stereocenters. The predicted molar refractivity (Wildman–Crippen MR) is 72.2 cm³/mol. The molecule has 7 heteroatoms. The maximum Gasteiger partial charge on any atom is 0.320 e. The number of aliphatic carboxylic acids is 1. The number of nitrogens with zero attached hydrogens (tertiary/aromatic N) is 2. The zero-order valence-electron chi connectivity index (χ0n) is 10.3. The summed E-state index contributed by atoms with van der Waals surface area (Å²) in [7, 11) is 0. The normalized spacial score (nSPS) is 16.7. The van der Waals surface area contributed by atoms with Crippen molar-refractivity contribution >= 4 is 29.3 Å². The second kappa shape index (κ2) is 6.49. The monoisotopic (exact) mass is 287 g/mol. The molecular weight excluding hydrogens is 270 g/mol. The second-order valence-corrected chi connectivity index (χ2v) is 6.39. The highest BCUT2D eigenvalue weighted by Crippen LogP contribution is 2.23. The average Bonchev–Trinajstić information content (AvgIpc) is 3.04. The molecule has 0 amide bonds. The van der Waals surface area contributed by atoms with Crippen molar-refractivity contribution in [3.63, 3.8) is 0 Å². The summed E-state index contributed by atoms with van der Waals surface area (Å²) in [4.78, 5) is 15.4. The number of nitrogens with one attached hydrogen (secondary N) is 1. The summed E-state index contributed by atoms with van der Waals surface area (Å²) in [6.45, 7) is 2.02. The summed E-state index contributed by atoms with van der Waals surface area (Å²) in [6, 6.07) is -0.00658. The standard InChI is InChI=1S/C11H17N3O2S2/c1-2-9-13-11(18-14-9)17-6-5-8(10(15)16)12-7-3-4-7/h7-8,12H,2-6H2,1H3,(H,15,16). The van der Waals surface area contributed by atoms with Crippen LogP contribution in [0.3, 0.4) is 0 Å². The van der Waals surface area contributed by atoms with Gasteiger partial charge in [0.05, 0.1) is 0 Å². The molecule has 18 heavy (non-hydrogen) atoms. The van der Waals surface area contributed by atoms with Crippen molar-refractivity contribution in [2.75, 3.05) is 5.75 Å². The maximum atomic E-state index is 11.1. The number of aromatic nitrogens is 2. The fourth-order valence-corrected chi connectivity index (χ4v) is 3.29. The third-order valence-electron chi connectivity index (χ3n) is 2.71. The van der Waals surface area contributed by atoms with E-state index in [1.165, 1.54) is 11.5 Å². The van der Waals surface area contributed by atoms with Crippen LogP contribution < -0.4 is 5.32 Å². The van der Waals surface area contributed by atoms with E-state index in [9.17, 15) is 4.79 Å². The van der Waals surface area contributed by atoms with Gasteiger partial charge in [0.25, 0.3) is 0 Å². The van der Waals surface area contributed by atoms with Crippen molar-refractivity contribution in [3.8, 4) is 0 Å². The van der Waals surface area contributed by atoms with E-state index in [0.717, 1.165) is 35.2 Å². The lowest BCUT2D eigenvalue weighted by atomic mass is 10.2. The minimum atomic E-state index is -0.756. The van der Waals surface area contributed by atoms with Crippen molar-refractivity contribution in [2.45, 2.75) is 49.0 Å². The highest BCUT2D eigenvalue weighted by molar-refractivity contribution is 8.00. The molecule has 1 aromatic heterocycles. The first-order valence-electron chi connectivity index (χ1n) is 6.13. The third-order valence-corrected chi connectivity index (χ3v) is 4.61. The molecule has 0 radical (unpaired) electrons. The van der Waals surface area contributed by atoms with Crippen molar-refractivity contribution < 1.29 is 9.90 Å². The molecule has 1 aliphatic carbocycles. The number of hydrogen-bond donors (Lipinski definition) is 2. The highest BCUT2D eigenvalue weighted by Gasteiger charge is 2.27. The Morgan fingerprint density at radius 2 is 2.44 bits per heavy atom. The minimum Gasteiger partial charge on any atom is -0.480 e. The highest BCUT2D eigenvalue weighted by atomic mass is 32.2. The smallest absolute Gasteiger partial charge is 0.320 e. The number of carboxylic acid groups (broad SMARTS) is 1. The van der Waals surface area contributed by atoms with E-state index in [2.05, 4.69) is 14.7 Å². The summed E-state index contributed by atoms with van der Waals surface area (Å²) in [5.74, 6) is 0.872. The first-order valence-corrected chi connectivity index (χ1v) is 7.89. The molecule has 2 N–H and O–H groups in total. The number of thioether (sulfide) groups is 1. The van der Waals surface area contributed by atoms with Gasteiger partial charge in [0, 0.05) is 18.2 Å². The maximum absolute atomic E-state index is 11.1. The van der Waals surface area contributed by atoms with Gasteiger partial charge in [-0.25, -0.2) is 4.98 Å². The Hall–Kier alpha value is -0.660. The quantitative estimate of drug-likeness (QED) is 0.710. The van der Waals surface area contributed by atoms with Crippen LogP contribution in [0.4, 0.5) is 0 Å². The van der Waals surface area contributed by atoms with Gasteiger partial charge in [-0.2, -0.15) is 4.37 Å². The number of hydrogen-bond acceptors (Lipinski definition) is 6. The van der Waals surface area contributed by atoms with Crippen LogP contribution in [0.5, 0.6) is 0 Å². The zero-order chi connectivity index (χ0) is 13.0. The number of carboxylic acids is 1. The molecule has 5 nitrogen and oxygen atoms in total. The molecule has 0 aliphatic heterocycles. The summed E-state index contributed by atoms with van der Waals surface area (Å²) >= 11 is 2.99. The average molecular weight is 287 g/mol. The molecular formula is C11H17N3O2S2. The van der Waals surface area contributed by atoms with Crippen LogP contribution in [-0.2, 0) is 11.2 Å². The SMILES string of the molecule is CCc1nsc(SCCC(NC2CC2)C(=O)O)n1. The van der Waals surface area contributed by atoms with E-state index in [0.29, 0.717) is 12.5 Å². The third kappa shape index (κ3) is 4.22. The Morgan fingerprint density at radius 3 is 3.00 bits per heavy atom. The Labute approximate surface area is 115 Å². The van der Waals surface area contributed by atoms with Gasteiger partial charge in [-0.15, -0.1) is 0 Å². The molecule has 2 rings (SSSR count). The van der Waals surface area contributed by atoms with Crippen LogP contribution in [-0.4, -0.2) is 38.3 Å². The summed E-state index contributed by atoms with van der Waals surface area (Å²) in [5, 5.41) is 12.2. The van der Waals surface area contributed by atoms with E-state index in [4.69, 9.17) is 5.11 Å². The van der Waals surface area contributed by atoms with Gasteiger partial charge in [-0.1, -0.05) is 18.7 Å². The molecule has 1 aliphatic rings. The Morgan fingerprint density at radius 1 is 1.67 bits per heavy atom. The van der Waals surface area contributed by atoms with E-state index < -0.39 is 12.0 Å². The van der Waals surface area contributed by atoms with Crippen molar-refractivity contribution in [1.82, 2.24) is 14.7 Å². The van der Waals surface area contributed by atoms with Gasteiger partial charge in [0.2, 0.25) is 0 Å². The van der Waals surface area contributed by atoms with Crippen molar-refractivity contribution in [2.24, 2.45) is 0 Å². The molecule has 0 bridgehead atoms. The molecule has 1 saturated carbocycles. The van der Waals surface area contributed by atoms with E-state index in [-0.39, 0.29) is 0 Å². The Kier molecular flexibility index (Phi) is 4.96. The number of carbonyl (C=O) groups is 1. The number of aryl methyl sites for hydroxylation is 1. The molecule has 1 aromatic rings. The molecule has 100 valence electrons. The van der Waals surface area contributed by atoms with Crippen LogP contribution in [0.1, 0.15) is 32.0 Å². The summed E-state index contributed by atoms with van der Waals surface area (Å²) in [6.07, 6.45) is 3.68. The van der Waals surface area contributed by atoms with Crippen LogP contribution in [0, 0.1) is 0 Å². The Bertz CT molecular complexity index is 407. The first-order chi connectivity index (χ1) is 8.69. The first kappa shape index (κ1) is 13.8. The lowest BCUT2D eigenvalue weighted by Gasteiger charge is -2.12. The summed E-state index contributed by atoms with van der Waals surface area (Å²) in [5.41, 5.74) is 0. The molecule has 1 fully saturated rings.